The van der Waals surface area contributed by atoms with Crippen LogP contribution in [0.2, 0.25) is 0 Å². The average molecular weight is 294 g/mol. The zero-order chi connectivity index (χ0) is 14.5. The average Bonchev–Trinajstić information content (AvgIpc) is 2.35. The molecule has 104 valence electrons. The summed E-state index contributed by atoms with van der Waals surface area (Å²) in [7, 11) is 1.33. The lowest BCUT2D eigenvalue weighted by atomic mass is 10.4. The number of carbonyl (C=O) groups is 2. The number of carbonyl (C=O) groups excluding carboxylic acids is 2. The smallest absolute Gasteiger partial charge is 0.341 e. The van der Waals surface area contributed by atoms with Crippen LogP contribution in [0.4, 0.5) is 18.0 Å². The van der Waals surface area contributed by atoms with E-state index in [1.165, 1.54) is 7.05 Å². The summed E-state index contributed by atoms with van der Waals surface area (Å²) in [6.45, 7) is 0. The summed E-state index contributed by atoms with van der Waals surface area (Å²) < 4.78 is 37.1. The zero-order valence-electron chi connectivity index (χ0n) is 9.61. The molecule has 10 heteroatoms. The molecule has 0 unspecified atom stereocenters. The molecule has 0 saturated heterocycles. The van der Waals surface area contributed by atoms with Crippen LogP contribution < -0.4 is 10.6 Å². The van der Waals surface area contributed by atoms with Gasteiger partial charge in [0.05, 0.1) is 5.75 Å². The fourth-order valence-corrected chi connectivity index (χ4v) is 1.55. The van der Waals surface area contributed by atoms with Gasteiger partial charge in [0.15, 0.2) is 5.16 Å². The summed E-state index contributed by atoms with van der Waals surface area (Å²) >= 11 is 0.697. The van der Waals surface area contributed by atoms with Gasteiger partial charge in [0.2, 0.25) is 5.91 Å². The third-order valence-corrected chi connectivity index (χ3v) is 2.60. The molecule has 19 heavy (non-hydrogen) atoms. The Labute approximate surface area is 110 Å². The number of nitrogens with zero attached hydrogens (tertiary/aromatic N) is 2. The third-order valence-electron chi connectivity index (χ3n) is 1.74. The molecule has 0 bridgehead atoms. The van der Waals surface area contributed by atoms with Gasteiger partial charge >= 0.3 is 12.2 Å². The first-order chi connectivity index (χ1) is 8.82. The van der Waals surface area contributed by atoms with Crippen molar-refractivity contribution in [3.05, 3.63) is 18.0 Å². The molecule has 0 atom stereocenters. The van der Waals surface area contributed by atoms with Gasteiger partial charge in [-0.2, -0.15) is 13.2 Å². The summed E-state index contributed by atoms with van der Waals surface area (Å²) in [6, 6.07) is 0.0323. The van der Waals surface area contributed by atoms with Crippen LogP contribution in [0.15, 0.2) is 17.4 Å². The molecule has 0 aliphatic carbocycles. The van der Waals surface area contributed by atoms with Crippen LogP contribution in [-0.4, -0.2) is 34.7 Å². The first kappa shape index (κ1) is 15.2. The highest BCUT2D eigenvalue weighted by Crippen LogP contribution is 2.28. The van der Waals surface area contributed by atoms with Crippen molar-refractivity contribution in [2.75, 3.05) is 12.8 Å². The minimum Gasteiger partial charge on any atom is -0.341 e. The second kappa shape index (κ2) is 6.36. The lowest BCUT2D eigenvalue weighted by molar-refractivity contribution is -0.141. The second-order valence-corrected chi connectivity index (χ2v) is 4.08. The number of aromatic nitrogens is 2. The van der Waals surface area contributed by atoms with Crippen molar-refractivity contribution in [3.8, 4) is 0 Å². The molecule has 1 rings (SSSR count). The van der Waals surface area contributed by atoms with Crippen molar-refractivity contribution in [2.24, 2.45) is 0 Å². The van der Waals surface area contributed by atoms with Gasteiger partial charge in [-0.1, -0.05) is 11.8 Å². The first-order valence-corrected chi connectivity index (χ1v) is 5.86. The van der Waals surface area contributed by atoms with E-state index in [2.05, 4.69) is 15.3 Å². The molecule has 1 aromatic rings. The molecule has 0 aromatic carbocycles. The Morgan fingerprint density at radius 3 is 2.68 bits per heavy atom. The molecule has 0 spiro atoms. The van der Waals surface area contributed by atoms with Gasteiger partial charge in [-0.15, -0.1) is 0 Å². The van der Waals surface area contributed by atoms with Crippen molar-refractivity contribution in [1.29, 1.82) is 0 Å². The number of alkyl halides is 3. The molecule has 2 N–H and O–H groups in total. The van der Waals surface area contributed by atoms with E-state index >= 15 is 0 Å². The Balaban J connectivity index is 2.59. The van der Waals surface area contributed by atoms with Gasteiger partial charge < -0.3 is 5.32 Å². The van der Waals surface area contributed by atoms with E-state index < -0.39 is 23.8 Å². The molecule has 0 saturated carbocycles. The standard InChI is InChI=1S/C9H9F3N4O2S/c1-13-7(18)16-6(17)4-19-8-14-3-2-5(15-8)9(10,11)12/h2-3H,4H2,1H3,(H2,13,16,17,18). The Bertz CT molecular complexity index is 481. The minimum absolute atomic E-state index is 0.193. The van der Waals surface area contributed by atoms with Gasteiger partial charge in [-0.05, 0) is 6.07 Å². The van der Waals surface area contributed by atoms with Crippen molar-refractivity contribution in [2.45, 2.75) is 11.3 Å². The lowest BCUT2D eigenvalue weighted by Crippen LogP contribution is -2.38. The van der Waals surface area contributed by atoms with Gasteiger partial charge in [0.1, 0.15) is 5.69 Å². The Morgan fingerprint density at radius 1 is 1.42 bits per heavy atom. The van der Waals surface area contributed by atoms with E-state index in [-0.39, 0.29) is 10.9 Å². The van der Waals surface area contributed by atoms with Crippen molar-refractivity contribution in [1.82, 2.24) is 20.6 Å². The maximum atomic E-state index is 12.4. The predicted octanol–water partition coefficient (Wildman–Crippen LogP) is 1.04. The fourth-order valence-electron chi connectivity index (χ4n) is 0.924. The Hall–Kier alpha value is -1.84. The van der Waals surface area contributed by atoms with E-state index in [9.17, 15) is 22.8 Å². The number of imide groups is 1. The van der Waals surface area contributed by atoms with E-state index in [1.807, 2.05) is 5.32 Å². The van der Waals surface area contributed by atoms with Crippen LogP contribution in [-0.2, 0) is 11.0 Å². The van der Waals surface area contributed by atoms with E-state index in [0.29, 0.717) is 11.8 Å². The fraction of sp³-hybridized carbons (Fsp3) is 0.333. The summed E-state index contributed by atoms with van der Waals surface area (Å²) in [6.07, 6.45) is -3.61. The summed E-state index contributed by atoms with van der Waals surface area (Å²) in [5, 5.41) is 3.93. The van der Waals surface area contributed by atoms with Crippen LogP contribution in [0, 0.1) is 0 Å². The quantitative estimate of drug-likeness (QED) is 0.643. The Kier molecular flexibility index (Phi) is 5.10. The molecule has 0 radical (unpaired) electrons. The van der Waals surface area contributed by atoms with Gasteiger partial charge in [-0.3, -0.25) is 10.1 Å². The number of hydrogen-bond acceptors (Lipinski definition) is 5. The minimum atomic E-state index is -4.57. The van der Waals surface area contributed by atoms with E-state index in [4.69, 9.17) is 0 Å². The highest BCUT2D eigenvalue weighted by molar-refractivity contribution is 7.99. The number of rotatable bonds is 3. The number of nitrogens with one attached hydrogen (secondary N) is 2. The van der Waals surface area contributed by atoms with Gasteiger partial charge in [-0.25, -0.2) is 14.8 Å². The first-order valence-electron chi connectivity index (χ1n) is 4.87. The van der Waals surface area contributed by atoms with Crippen LogP contribution >= 0.6 is 11.8 Å². The maximum absolute atomic E-state index is 12.4. The number of halogens is 3. The normalized spacial score (nSPS) is 10.9. The Morgan fingerprint density at radius 2 is 2.11 bits per heavy atom. The van der Waals surface area contributed by atoms with Crippen molar-refractivity contribution in [3.63, 3.8) is 0 Å². The third kappa shape index (κ3) is 5.12. The van der Waals surface area contributed by atoms with Crippen LogP contribution in [0.3, 0.4) is 0 Å². The van der Waals surface area contributed by atoms with Crippen molar-refractivity contribution < 1.29 is 22.8 Å². The highest BCUT2D eigenvalue weighted by atomic mass is 32.2. The lowest BCUT2D eigenvalue weighted by Gasteiger charge is -2.06. The SMILES string of the molecule is CNC(=O)NC(=O)CSc1nccc(C(F)(F)F)n1. The molecule has 0 fully saturated rings. The van der Waals surface area contributed by atoms with E-state index in [1.54, 1.807) is 0 Å². The summed E-state index contributed by atoms with van der Waals surface area (Å²) in [5.74, 6) is -0.931. The predicted molar refractivity (Wildman–Crippen MR) is 60.4 cm³/mol. The molecule has 0 aliphatic rings. The largest absolute Gasteiger partial charge is 0.433 e. The second-order valence-electron chi connectivity index (χ2n) is 3.14. The maximum Gasteiger partial charge on any atom is 0.433 e. The molecule has 0 aliphatic heterocycles. The number of hydrogen-bond donors (Lipinski definition) is 2. The van der Waals surface area contributed by atoms with E-state index in [0.717, 1.165) is 12.3 Å². The molecular formula is C9H9F3N4O2S. The number of thioether (sulfide) groups is 1. The number of urea groups is 1. The molecular weight excluding hydrogens is 285 g/mol. The number of amides is 3. The molecule has 1 heterocycles. The monoisotopic (exact) mass is 294 g/mol. The van der Waals surface area contributed by atoms with Gasteiger partial charge in [0, 0.05) is 13.2 Å². The summed E-state index contributed by atoms with van der Waals surface area (Å²) in [5.41, 5.74) is -1.09. The summed E-state index contributed by atoms with van der Waals surface area (Å²) in [4.78, 5) is 28.8. The topological polar surface area (TPSA) is 84.0 Å². The van der Waals surface area contributed by atoms with Crippen molar-refractivity contribution >= 4 is 23.7 Å². The van der Waals surface area contributed by atoms with Crippen LogP contribution in [0.1, 0.15) is 5.69 Å². The zero-order valence-corrected chi connectivity index (χ0v) is 10.4. The highest BCUT2D eigenvalue weighted by Gasteiger charge is 2.32. The molecule has 6 nitrogen and oxygen atoms in total. The molecule has 1 aromatic heterocycles. The van der Waals surface area contributed by atoms with Gasteiger partial charge in [0.25, 0.3) is 0 Å². The van der Waals surface area contributed by atoms with Crippen LogP contribution in [0.25, 0.3) is 0 Å². The van der Waals surface area contributed by atoms with Crippen LogP contribution in [0.5, 0.6) is 0 Å². The molecule has 3 amide bonds.